The fourth-order valence-electron chi connectivity index (χ4n) is 1.87. The number of nitrogens with one attached hydrogen (secondary N) is 4. The highest BCUT2D eigenvalue weighted by Crippen LogP contribution is 2.13. The maximum atomic E-state index is 12.1. The SMILES string of the molecule is CCOC(=O)Nc1ccc(C(=O)NNC(=S)Nc2ccc(Cl)cc2)cc1. The Morgan fingerprint density at radius 1 is 0.962 bits per heavy atom. The lowest BCUT2D eigenvalue weighted by Gasteiger charge is -2.12. The second-order valence-electron chi connectivity index (χ2n) is 4.96. The summed E-state index contributed by atoms with van der Waals surface area (Å²) in [5.74, 6) is -0.382. The second kappa shape index (κ2) is 9.59. The van der Waals surface area contributed by atoms with Crippen LogP contribution in [0, 0.1) is 0 Å². The number of hydrazine groups is 1. The molecule has 0 heterocycles. The number of benzene rings is 2. The van der Waals surface area contributed by atoms with E-state index in [1.165, 1.54) is 0 Å². The zero-order chi connectivity index (χ0) is 18.9. The average Bonchev–Trinajstić information content (AvgIpc) is 2.62. The second-order valence-corrected chi connectivity index (χ2v) is 5.81. The van der Waals surface area contributed by atoms with E-state index in [2.05, 4.69) is 21.5 Å². The first-order valence-corrected chi connectivity index (χ1v) is 8.43. The van der Waals surface area contributed by atoms with Crippen molar-refractivity contribution in [1.82, 2.24) is 10.9 Å². The van der Waals surface area contributed by atoms with Gasteiger partial charge in [0.15, 0.2) is 5.11 Å². The van der Waals surface area contributed by atoms with Gasteiger partial charge in [-0.05, 0) is 67.7 Å². The molecule has 2 aromatic carbocycles. The number of hydrogen-bond donors (Lipinski definition) is 4. The Morgan fingerprint density at radius 2 is 1.54 bits per heavy atom. The predicted molar refractivity (Wildman–Crippen MR) is 105 cm³/mol. The summed E-state index contributed by atoms with van der Waals surface area (Å²) >= 11 is 10.9. The van der Waals surface area contributed by atoms with Gasteiger partial charge >= 0.3 is 6.09 Å². The molecular formula is C17H17ClN4O3S. The van der Waals surface area contributed by atoms with Crippen molar-refractivity contribution in [2.75, 3.05) is 17.2 Å². The first kappa shape index (κ1) is 19.5. The monoisotopic (exact) mass is 392 g/mol. The molecule has 0 aliphatic carbocycles. The smallest absolute Gasteiger partial charge is 0.411 e. The van der Waals surface area contributed by atoms with Crippen molar-refractivity contribution in [1.29, 1.82) is 0 Å². The van der Waals surface area contributed by atoms with Gasteiger partial charge in [-0.3, -0.25) is 21.0 Å². The van der Waals surface area contributed by atoms with Crippen molar-refractivity contribution < 1.29 is 14.3 Å². The summed E-state index contributed by atoms with van der Waals surface area (Å²) < 4.78 is 4.78. The third-order valence-electron chi connectivity index (χ3n) is 3.06. The number of hydrogen-bond acceptors (Lipinski definition) is 4. The molecule has 0 aromatic heterocycles. The standard InChI is InChI=1S/C17H17ClN4O3S/c1-2-25-17(24)20-14-7-3-11(4-8-14)15(23)21-22-16(26)19-13-9-5-12(18)6-10-13/h3-10H,2H2,1H3,(H,20,24)(H,21,23)(H2,19,22,26). The van der Waals surface area contributed by atoms with Gasteiger partial charge in [0.25, 0.3) is 5.91 Å². The minimum atomic E-state index is -0.551. The Bertz CT molecular complexity index is 782. The molecule has 0 aliphatic rings. The van der Waals surface area contributed by atoms with Crippen LogP contribution in [0.15, 0.2) is 48.5 Å². The molecule has 7 nitrogen and oxygen atoms in total. The molecule has 0 fully saturated rings. The maximum absolute atomic E-state index is 12.1. The molecule has 0 spiro atoms. The minimum absolute atomic E-state index is 0.223. The van der Waals surface area contributed by atoms with Gasteiger partial charge in [-0.1, -0.05) is 11.6 Å². The van der Waals surface area contributed by atoms with E-state index in [4.69, 9.17) is 28.6 Å². The van der Waals surface area contributed by atoms with E-state index in [1.54, 1.807) is 55.5 Å². The summed E-state index contributed by atoms with van der Waals surface area (Å²) in [6.45, 7) is 1.99. The van der Waals surface area contributed by atoms with Crippen molar-refractivity contribution in [2.24, 2.45) is 0 Å². The molecule has 0 radical (unpaired) electrons. The lowest BCUT2D eigenvalue weighted by atomic mass is 10.2. The van der Waals surface area contributed by atoms with Gasteiger partial charge in [0.2, 0.25) is 0 Å². The highest BCUT2D eigenvalue weighted by molar-refractivity contribution is 7.80. The number of thiocarbonyl (C=S) groups is 1. The number of carbonyl (C=O) groups excluding carboxylic acids is 2. The van der Waals surface area contributed by atoms with Gasteiger partial charge in [-0.15, -0.1) is 0 Å². The lowest BCUT2D eigenvalue weighted by molar-refractivity contribution is 0.0944. The summed E-state index contributed by atoms with van der Waals surface area (Å²) in [6, 6.07) is 13.3. The summed E-state index contributed by atoms with van der Waals surface area (Å²) in [7, 11) is 0. The summed E-state index contributed by atoms with van der Waals surface area (Å²) in [5.41, 5.74) is 6.73. The van der Waals surface area contributed by atoms with Crippen LogP contribution in [0.4, 0.5) is 16.2 Å². The van der Waals surface area contributed by atoms with Crippen molar-refractivity contribution in [3.63, 3.8) is 0 Å². The summed E-state index contributed by atoms with van der Waals surface area (Å²) in [6.07, 6.45) is -0.551. The van der Waals surface area contributed by atoms with Crippen LogP contribution in [0.5, 0.6) is 0 Å². The number of carbonyl (C=O) groups is 2. The molecule has 0 saturated heterocycles. The van der Waals surface area contributed by atoms with E-state index in [-0.39, 0.29) is 17.6 Å². The van der Waals surface area contributed by atoms with Crippen molar-refractivity contribution in [3.8, 4) is 0 Å². The highest BCUT2D eigenvalue weighted by Gasteiger charge is 2.07. The normalized spacial score (nSPS) is 9.77. The Hall–Kier alpha value is -2.84. The maximum Gasteiger partial charge on any atom is 0.411 e. The van der Waals surface area contributed by atoms with Crippen LogP contribution in [0.3, 0.4) is 0 Å². The zero-order valence-corrected chi connectivity index (χ0v) is 15.4. The van der Waals surface area contributed by atoms with E-state index in [0.717, 1.165) is 5.69 Å². The fourth-order valence-corrected chi connectivity index (χ4v) is 2.17. The summed E-state index contributed by atoms with van der Waals surface area (Å²) in [5, 5.41) is 6.28. The van der Waals surface area contributed by atoms with Gasteiger partial charge in [-0.2, -0.15) is 0 Å². The Morgan fingerprint density at radius 3 is 2.15 bits per heavy atom. The van der Waals surface area contributed by atoms with Crippen LogP contribution in [0.2, 0.25) is 5.02 Å². The molecule has 2 aromatic rings. The molecule has 0 aliphatic heterocycles. The van der Waals surface area contributed by atoms with Gasteiger partial charge in [0.05, 0.1) is 6.61 Å². The van der Waals surface area contributed by atoms with E-state index < -0.39 is 6.09 Å². The third-order valence-corrected chi connectivity index (χ3v) is 3.52. The van der Waals surface area contributed by atoms with Gasteiger partial charge in [0.1, 0.15) is 0 Å². The molecule has 2 rings (SSSR count). The zero-order valence-electron chi connectivity index (χ0n) is 13.8. The van der Waals surface area contributed by atoms with Crippen molar-refractivity contribution in [2.45, 2.75) is 6.92 Å². The van der Waals surface area contributed by atoms with Gasteiger partial charge in [-0.25, -0.2) is 4.79 Å². The quantitative estimate of drug-likeness (QED) is 0.470. The van der Waals surface area contributed by atoms with Crippen LogP contribution in [0.1, 0.15) is 17.3 Å². The van der Waals surface area contributed by atoms with E-state index in [1.807, 2.05) is 0 Å². The van der Waals surface area contributed by atoms with E-state index in [9.17, 15) is 9.59 Å². The van der Waals surface area contributed by atoms with E-state index >= 15 is 0 Å². The highest BCUT2D eigenvalue weighted by atomic mass is 35.5. The summed E-state index contributed by atoms with van der Waals surface area (Å²) in [4.78, 5) is 23.4. The molecule has 0 bridgehead atoms. The molecular weight excluding hydrogens is 376 g/mol. The van der Waals surface area contributed by atoms with Gasteiger partial charge < -0.3 is 10.1 Å². The molecule has 136 valence electrons. The van der Waals surface area contributed by atoms with Crippen molar-refractivity contribution in [3.05, 3.63) is 59.1 Å². The predicted octanol–water partition coefficient (Wildman–Crippen LogP) is 3.54. The molecule has 26 heavy (non-hydrogen) atoms. The molecule has 0 saturated carbocycles. The molecule has 4 N–H and O–H groups in total. The fraction of sp³-hybridized carbons (Fsp3) is 0.118. The first-order chi connectivity index (χ1) is 12.5. The minimum Gasteiger partial charge on any atom is -0.450 e. The molecule has 0 atom stereocenters. The lowest BCUT2D eigenvalue weighted by Crippen LogP contribution is -2.43. The van der Waals surface area contributed by atoms with Crippen LogP contribution >= 0.6 is 23.8 Å². The third kappa shape index (κ3) is 6.23. The molecule has 2 amide bonds. The molecule has 9 heteroatoms. The van der Waals surface area contributed by atoms with E-state index in [0.29, 0.717) is 16.3 Å². The topological polar surface area (TPSA) is 91.5 Å². The van der Waals surface area contributed by atoms with Crippen LogP contribution in [-0.2, 0) is 4.74 Å². The first-order valence-electron chi connectivity index (χ1n) is 7.64. The van der Waals surface area contributed by atoms with Crippen LogP contribution < -0.4 is 21.5 Å². The number of halogens is 1. The van der Waals surface area contributed by atoms with Gasteiger partial charge in [0, 0.05) is 22.0 Å². The molecule has 0 unspecified atom stereocenters. The number of amides is 2. The van der Waals surface area contributed by atoms with Crippen molar-refractivity contribution >= 4 is 52.3 Å². The number of rotatable bonds is 4. The van der Waals surface area contributed by atoms with Crippen LogP contribution in [0.25, 0.3) is 0 Å². The van der Waals surface area contributed by atoms with Crippen LogP contribution in [-0.4, -0.2) is 23.7 Å². The number of ether oxygens (including phenoxy) is 1. The number of anilines is 2. The Kier molecular flexibility index (Phi) is 7.19. The Labute approximate surface area is 161 Å². The largest absolute Gasteiger partial charge is 0.450 e. The average molecular weight is 393 g/mol. The Balaban J connectivity index is 1.82.